The topological polar surface area (TPSA) is 30.5 Å². The van der Waals surface area contributed by atoms with E-state index in [4.69, 9.17) is 9.47 Å². The molecule has 1 heterocycles. The monoisotopic (exact) mass is 295 g/mol. The Bertz CT molecular complexity index is 557. The molecule has 0 saturated carbocycles. The lowest BCUT2D eigenvalue weighted by atomic mass is 10.00. The van der Waals surface area contributed by atoms with Crippen LogP contribution in [0.4, 0.5) is 4.39 Å². The third kappa shape index (κ3) is 2.94. The molecule has 0 aliphatic rings. The molecule has 2 aromatic rings. The van der Waals surface area contributed by atoms with Gasteiger partial charge in [-0.15, -0.1) is 0 Å². The summed E-state index contributed by atoms with van der Waals surface area (Å²) < 4.78 is 24.7. The number of ether oxygens (including phenoxy) is 2. The number of methoxy groups -OCH3 is 2. The van der Waals surface area contributed by atoms with Gasteiger partial charge in [0.15, 0.2) is 11.5 Å². The molecule has 0 radical (unpaired) electrons. The quantitative estimate of drug-likeness (QED) is 0.883. The Morgan fingerprint density at radius 2 is 1.95 bits per heavy atom. The molecule has 0 fully saturated rings. The Kier molecular flexibility index (Phi) is 4.98. The molecule has 1 aromatic carbocycles. The highest BCUT2D eigenvalue weighted by Gasteiger charge is 2.20. The van der Waals surface area contributed by atoms with E-state index in [1.807, 2.05) is 23.8 Å². The maximum Gasteiger partial charge on any atom is 0.163 e. The molecule has 0 saturated heterocycles. The summed E-state index contributed by atoms with van der Waals surface area (Å²) in [6, 6.07) is 4.86. The molecule has 3 nitrogen and oxygen atoms in total. The summed E-state index contributed by atoms with van der Waals surface area (Å²) >= 11 is 1.59. The first kappa shape index (κ1) is 14.8. The predicted octanol–water partition coefficient (Wildman–Crippen LogP) is 3.60. The number of nitrogens with one attached hydrogen (secondary N) is 1. The number of hydrogen-bond acceptors (Lipinski definition) is 4. The van der Waals surface area contributed by atoms with Crippen molar-refractivity contribution in [1.82, 2.24) is 5.32 Å². The molecule has 1 atom stereocenters. The lowest BCUT2D eigenvalue weighted by molar-refractivity contribution is 0.351. The van der Waals surface area contributed by atoms with E-state index in [2.05, 4.69) is 5.32 Å². The van der Waals surface area contributed by atoms with Gasteiger partial charge in [-0.1, -0.05) is 6.92 Å². The van der Waals surface area contributed by atoms with Gasteiger partial charge in [-0.3, -0.25) is 0 Å². The zero-order valence-corrected chi connectivity index (χ0v) is 12.6. The Hall–Kier alpha value is -1.59. The first-order valence-corrected chi connectivity index (χ1v) is 7.32. The van der Waals surface area contributed by atoms with Crippen molar-refractivity contribution < 1.29 is 13.9 Å². The van der Waals surface area contributed by atoms with Crippen molar-refractivity contribution in [2.75, 3.05) is 20.8 Å². The van der Waals surface area contributed by atoms with Gasteiger partial charge in [-0.05, 0) is 35.0 Å². The van der Waals surface area contributed by atoms with Crippen molar-refractivity contribution in [3.63, 3.8) is 0 Å². The first-order valence-electron chi connectivity index (χ1n) is 6.38. The molecular weight excluding hydrogens is 277 g/mol. The Labute approximate surface area is 122 Å². The van der Waals surface area contributed by atoms with Crippen LogP contribution in [0.3, 0.4) is 0 Å². The number of rotatable bonds is 6. The smallest absolute Gasteiger partial charge is 0.163 e. The van der Waals surface area contributed by atoms with E-state index < -0.39 is 0 Å². The van der Waals surface area contributed by atoms with Gasteiger partial charge in [-0.25, -0.2) is 4.39 Å². The number of halogens is 1. The van der Waals surface area contributed by atoms with Crippen LogP contribution in [-0.4, -0.2) is 20.8 Å². The zero-order chi connectivity index (χ0) is 14.5. The molecule has 0 aliphatic carbocycles. The van der Waals surface area contributed by atoms with Crippen LogP contribution in [0.5, 0.6) is 11.5 Å². The number of thiophene rings is 1. The van der Waals surface area contributed by atoms with Gasteiger partial charge < -0.3 is 14.8 Å². The van der Waals surface area contributed by atoms with Crippen molar-refractivity contribution >= 4 is 11.3 Å². The zero-order valence-electron chi connectivity index (χ0n) is 11.8. The second kappa shape index (κ2) is 6.72. The van der Waals surface area contributed by atoms with Crippen LogP contribution in [0.15, 0.2) is 29.0 Å². The van der Waals surface area contributed by atoms with E-state index in [1.165, 1.54) is 13.2 Å². The van der Waals surface area contributed by atoms with E-state index in [0.717, 1.165) is 12.1 Å². The predicted molar refractivity (Wildman–Crippen MR) is 79.3 cm³/mol. The van der Waals surface area contributed by atoms with Gasteiger partial charge >= 0.3 is 0 Å². The molecule has 108 valence electrons. The van der Waals surface area contributed by atoms with Crippen LogP contribution < -0.4 is 14.8 Å². The minimum Gasteiger partial charge on any atom is -0.493 e. The molecule has 0 bridgehead atoms. The van der Waals surface area contributed by atoms with Gasteiger partial charge in [-0.2, -0.15) is 11.3 Å². The summed E-state index contributed by atoms with van der Waals surface area (Å²) in [5, 5.41) is 7.30. The Morgan fingerprint density at radius 3 is 2.50 bits per heavy atom. The Morgan fingerprint density at radius 1 is 1.25 bits per heavy atom. The molecule has 1 N–H and O–H groups in total. The number of benzene rings is 1. The molecule has 5 heteroatoms. The lowest BCUT2D eigenvalue weighted by Crippen LogP contribution is -2.22. The van der Waals surface area contributed by atoms with Crippen LogP contribution in [-0.2, 0) is 0 Å². The van der Waals surface area contributed by atoms with E-state index in [9.17, 15) is 4.39 Å². The van der Waals surface area contributed by atoms with Gasteiger partial charge in [0.1, 0.15) is 5.82 Å². The number of hydrogen-bond donors (Lipinski definition) is 1. The molecular formula is C15H18FNO2S. The van der Waals surface area contributed by atoms with Crippen molar-refractivity contribution in [3.8, 4) is 11.5 Å². The van der Waals surface area contributed by atoms with E-state index in [1.54, 1.807) is 24.5 Å². The second-order valence-electron chi connectivity index (χ2n) is 4.28. The summed E-state index contributed by atoms with van der Waals surface area (Å²) in [5.41, 5.74) is 1.60. The van der Waals surface area contributed by atoms with Gasteiger partial charge in [0.25, 0.3) is 0 Å². The van der Waals surface area contributed by atoms with Crippen molar-refractivity contribution in [1.29, 1.82) is 0 Å². The molecule has 0 spiro atoms. The third-order valence-corrected chi connectivity index (χ3v) is 3.80. The minimum absolute atomic E-state index is 0.189. The highest BCUT2D eigenvalue weighted by Crippen LogP contribution is 2.35. The van der Waals surface area contributed by atoms with Gasteiger partial charge in [0.05, 0.1) is 20.3 Å². The van der Waals surface area contributed by atoms with Gasteiger partial charge in [0.2, 0.25) is 0 Å². The highest BCUT2D eigenvalue weighted by atomic mass is 32.1. The fourth-order valence-corrected chi connectivity index (χ4v) is 2.83. The van der Waals surface area contributed by atoms with E-state index in [0.29, 0.717) is 17.1 Å². The molecule has 0 aliphatic heterocycles. The normalized spacial score (nSPS) is 12.2. The van der Waals surface area contributed by atoms with Crippen molar-refractivity contribution in [3.05, 3.63) is 45.9 Å². The molecule has 1 unspecified atom stereocenters. The standard InChI is InChI=1S/C15H18FNO2S/c1-4-17-15(10-5-6-20-9-10)11-7-13(18-2)14(19-3)8-12(11)16/h5-9,15,17H,4H2,1-3H3. The molecule has 1 aromatic heterocycles. The minimum atomic E-state index is -0.306. The first-order chi connectivity index (χ1) is 9.71. The second-order valence-corrected chi connectivity index (χ2v) is 5.06. The van der Waals surface area contributed by atoms with E-state index in [-0.39, 0.29) is 11.9 Å². The molecule has 2 rings (SSSR count). The summed E-state index contributed by atoms with van der Waals surface area (Å²) in [6.45, 7) is 2.74. The maximum absolute atomic E-state index is 14.3. The summed E-state index contributed by atoms with van der Waals surface area (Å²) in [5.74, 6) is 0.621. The summed E-state index contributed by atoms with van der Waals surface area (Å²) in [6.07, 6.45) is 0. The fraction of sp³-hybridized carbons (Fsp3) is 0.333. The van der Waals surface area contributed by atoms with Gasteiger partial charge in [0, 0.05) is 11.6 Å². The van der Waals surface area contributed by atoms with Crippen molar-refractivity contribution in [2.24, 2.45) is 0 Å². The van der Waals surface area contributed by atoms with E-state index >= 15 is 0 Å². The van der Waals surface area contributed by atoms with Crippen LogP contribution in [0.1, 0.15) is 24.1 Å². The highest BCUT2D eigenvalue weighted by molar-refractivity contribution is 7.08. The largest absolute Gasteiger partial charge is 0.493 e. The average Bonchev–Trinajstić information content (AvgIpc) is 2.98. The lowest BCUT2D eigenvalue weighted by Gasteiger charge is -2.20. The molecule has 0 amide bonds. The maximum atomic E-state index is 14.3. The van der Waals surface area contributed by atoms with Crippen LogP contribution >= 0.6 is 11.3 Å². The molecule has 20 heavy (non-hydrogen) atoms. The summed E-state index contributed by atoms with van der Waals surface area (Å²) in [7, 11) is 3.05. The fourth-order valence-electron chi connectivity index (χ4n) is 2.14. The van der Waals surface area contributed by atoms with Crippen LogP contribution in [0.25, 0.3) is 0 Å². The van der Waals surface area contributed by atoms with Crippen molar-refractivity contribution in [2.45, 2.75) is 13.0 Å². The average molecular weight is 295 g/mol. The third-order valence-electron chi connectivity index (χ3n) is 3.10. The Balaban J connectivity index is 2.48. The van der Waals surface area contributed by atoms with Crippen LogP contribution in [0.2, 0.25) is 0 Å². The SMILES string of the molecule is CCNC(c1ccsc1)c1cc(OC)c(OC)cc1F. The summed E-state index contributed by atoms with van der Waals surface area (Å²) in [4.78, 5) is 0. The van der Waals surface area contributed by atoms with Crippen LogP contribution in [0, 0.1) is 5.82 Å².